The minimum absolute atomic E-state index is 0.0316. The van der Waals surface area contributed by atoms with Gasteiger partial charge in [-0.25, -0.2) is 10.2 Å². The van der Waals surface area contributed by atoms with Gasteiger partial charge in [-0.3, -0.25) is 9.59 Å². The number of carbonyl (C=O) groups excluding carboxylic acids is 3. The van der Waals surface area contributed by atoms with Crippen LogP contribution in [-0.2, 0) is 9.53 Å². The highest BCUT2D eigenvalue weighted by atomic mass is 16.5. The second-order valence-corrected chi connectivity index (χ2v) is 7.53. The summed E-state index contributed by atoms with van der Waals surface area (Å²) in [6, 6.07) is 20.1. The van der Waals surface area contributed by atoms with Gasteiger partial charge in [-0.1, -0.05) is 36.4 Å². The zero-order valence-corrected chi connectivity index (χ0v) is 20.7. The summed E-state index contributed by atoms with van der Waals surface area (Å²) < 4.78 is 15.5. The van der Waals surface area contributed by atoms with Crippen LogP contribution in [0, 0.1) is 0 Å². The molecule has 0 saturated carbocycles. The molecular formula is C28H27N3O6. The Labute approximate surface area is 214 Å². The van der Waals surface area contributed by atoms with E-state index in [1.165, 1.54) is 26.5 Å². The molecule has 0 saturated heterocycles. The van der Waals surface area contributed by atoms with Crippen LogP contribution in [0.2, 0.25) is 0 Å². The van der Waals surface area contributed by atoms with Crippen molar-refractivity contribution in [2.24, 2.45) is 5.10 Å². The molecule has 0 aromatic heterocycles. The van der Waals surface area contributed by atoms with E-state index in [4.69, 9.17) is 14.2 Å². The van der Waals surface area contributed by atoms with Crippen molar-refractivity contribution in [1.82, 2.24) is 10.7 Å². The third-order valence-electron chi connectivity index (χ3n) is 5.05. The standard InChI is InChI=1S/C28H27N3O6/c1-4-37-28(34)22-13-10-19(11-14-22)18-29-31-27(33)23(30-26(32)21-8-6-5-7-9-21)16-20-12-15-24(35-2)25(17-20)36-3/h5-18H,4H2,1-3H3,(H,30,32)(H,31,33)/b23-16+,29-18+. The van der Waals surface area contributed by atoms with E-state index in [0.717, 1.165) is 0 Å². The molecule has 0 aliphatic rings. The van der Waals surface area contributed by atoms with Gasteiger partial charge in [-0.2, -0.15) is 5.10 Å². The molecule has 2 N–H and O–H groups in total. The number of hydrazone groups is 1. The highest BCUT2D eigenvalue weighted by molar-refractivity contribution is 6.05. The summed E-state index contributed by atoms with van der Waals surface area (Å²) in [5.41, 5.74) is 4.42. The molecule has 0 aliphatic heterocycles. The number of methoxy groups -OCH3 is 2. The molecule has 9 nitrogen and oxygen atoms in total. The maximum atomic E-state index is 13.0. The fraction of sp³-hybridized carbons (Fsp3) is 0.143. The van der Waals surface area contributed by atoms with Crippen LogP contribution < -0.4 is 20.2 Å². The van der Waals surface area contributed by atoms with Crippen LogP contribution in [0.4, 0.5) is 0 Å². The summed E-state index contributed by atoms with van der Waals surface area (Å²) in [5, 5.41) is 6.62. The number of amides is 2. The first-order chi connectivity index (χ1) is 17.9. The van der Waals surface area contributed by atoms with E-state index in [9.17, 15) is 14.4 Å². The molecule has 0 atom stereocenters. The average molecular weight is 502 g/mol. The van der Waals surface area contributed by atoms with Crippen molar-refractivity contribution in [3.8, 4) is 11.5 Å². The van der Waals surface area contributed by atoms with Gasteiger partial charge in [0.05, 0.1) is 32.6 Å². The second-order valence-electron chi connectivity index (χ2n) is 7.53. The quantitative estimate of drug-likeness (QED) is 0.189. The Morgan fingerprint density at radius 1 is 0.838 bits per heavy atom. The lowest BCUT2D eigenvalue weighted by Crippen LogP contribution is -2.32. The molecule has 0 spiro atoms. The maximum absolute atomic E-state index is 13.0. The topological polar surface area (TPSA) is 115 Å². The first-order valence-electron chi connectivity index (χ1n) is 11.4. The lowest BCUT2D eigenvalue weighted by molar-refractivity contribution is -0.117. The molecule has 2 amide bonds. The molecule has 3 aromatic carbocycles. The monoisotopic (exact) mass is 501 g/mol. The minimum atomic E-state index is -0.640. The predicted octanol–water partition coefficient (Wildman–Crippen LogP) is 3.80. The van der Waals surface area contributed by atoms with Gasteiger partial charge >= 0.3 is 5.97 Å². The number of rotatable bonds is 10. The zero-order chi connectivity index (χ0) is 26.6. The molecule has 190 valence electrons. The molecule has 9 heteroatoms. The molecular weight excluding hydrogens is 474 g/mol. The molecule has 3 rings (SSSR count). The van der Waals surface area contributed by atoms with E-state index < -0.39 is 17.8 Å². The fourth-order valence-corrected chi connectivity index (χ4v) is 3.20. The van der Waals surface area contributed by atoms with Crippen molar-refractivity contribution in [2.45, 2.75) is 6.92 Å². The SMILES string of the molecule is CCOC(=O)c1ccc(/C=N/NC(=O)/C(=C\c2ccc(OC)c(OC)c2)NC(=O)c2ccccc2)cc1. The third kappa shape index (κ3) is 7.53. The van der Waals surface area contributed by atoms with Gasteiger partial charge in [0.25, 0.3) is 11.8 Å². The number of hydrogen-bond donors (Lipinski definition) is 2. The van der Waals surface area contributed by atoms with Crippen molar-refractivity contribution in [3.05, 3.63) is 101 Å². The van der Waals surface area contributed by atoms with Crippen molar-refractivity contribution in [3.63, 3.8) is 0 Å². The Kier molecular flexibility index (Phi) is 9.55. The molecule has 0 radical (unpaired) electrons. The predicted molar refractivity (Wildman–Crippen MR) is 140 cm³/mol. The molecule has 0 bridgehead atoms. The molecule has 0 unspecified atom stereocenters. The van der Waals surface area contributed by atoms with Gasteiger partial charge in [0, 0.05) is 5.56 Å². The number of carbonyl (C=O) groups is 3. The Balaban J connectivity index is 1.80. The van der Waals surface area contributed by atoms with Gasteiger partial charge in [-0.05, 0) is 60.5 Å². The van der Waals surface area contributed by atoms with Gasteiger partial charge in [-0.15, -0.1) is 0 Å². The lowest BCUT2D eigenvalue weighted by Gasteiger charge is -2.11. The van der Waals surface area contributed by atoms with Gasteiger partial charge in [0.1, 0.15) is 5.70 Å². The smallest absolute Gasteiger partial charge is 0.338 e. The highest BCUT2D eigenvalue weighted by Gasteiger charge is 2.15. The van der Waals surface area contributed by atoms with E-state index in [1.807, 2.05) is 0 Å². The third-order valence-corrected chi connectivity index (χ3v) is 5.05. The number of ether oxygens (including phenoxy) is 3. The van der Waals surface area contributed by atoms with E-state index in [1.54, 1.807) is 79.7 Å². The first-order valence-corrected chi connectivity index (χ1v) is 11.4. The summed E-state index contributed by atoms with van der Waals surface area (Å²) in [7, 11) is 3.03. The number of hydrogen-bond acceptors (Lipinski definition) is 7. The average Bonchev–Trinajstić information content (AvgIpc) is 2.93. The molecule has 0 heterocycles. The maximum Gasteiger partial charge on any atom is 0.338 e. The largest absolute Gasteiger partial charge is 0.493 e. The number of nitrogens with one attached hydrogen (secondary N) is 2. The van der Waals surface area contributed by atoms with E-state index in [2.05, 4.69) is 15.8 Å². The van der Waals surface area contributed by atoms with Crippen LogP contribution in [0.5, 0.6) is 11.5 Å². The molecule has 37 heavy (non-hydrogen) atoms. The number of nitrogens with zero attached hydrogens (tertiary/aromatic N) is 1. The van der Waals surface area contributed by atoms with E-state index in [0.29, 0.717) is 33.8 Å². The fourth-order valence-electron chi connectivity index (χ4n) is 3.20. The Morgan fingerprint density at radius 3 is 2.16 bits per heavy atom. The van der Waals surface area contributed by atoms with Crippen molar-refractivity contribution in [2.75, 3.05) is 20.8 Å². The van der Waals surface area contributed by atoms with E-state index in [-0.39, 0.29) is 12.3 Å². The number of benzene rings is 3. The molecule has 0 fully saturated rings. The highest BCUT2D eigenvalue weighted by Crippen LogP contribution is 2.28. The Morgan fingerprint density at radius 2 is 1.51 bits per heavy atom. The van der Waals surface area contributed by atoms with Crippen molar-refractivity contribution < 1.29 is 28.6 Å². The summed E-state index contributed by atoms with van der Waals surface area (Å²) >= 11 is 0. The van der Waals surface area contributed by atoms with Crippen LogP contribution >= 0.6 is 0 Å². The second kappa shape index (κ2) is 13.2. The van der Waals surface area contributed by atoms with Crippen LogP contribution in [0.25, 0.3) is 6.08 Å². The van der Waals surface area contributed by atoms with Gasteiger partial charge in [0.2, 0.25) is 0 Å². The minimum Gasteiger partial charge on any atom is -0.493 e. The van der Waals surface area contributed by atoms with Crippen LogP contribution in [0.15, 0.2) is 83.6 Å². The molecule has 0 aliphatic carbocycles. The Hall–Kier alpha value is -4.92. The van der Waals surface area contributed by atoms with Gasteiger partial charge in [0.15, 0.2) is 11.5 Å². The van der Waals surface area contributed by atoms with E-state index >= 15 is 0 Å². The summed E-state index contributed by atoms with van der Waals surface area (Å²) in [4.78, 5) is 37.5. The first kappa shape index (κ1) is 26.7. The number of esters is 1. The summed E-state index contributed by atoms with van der Waals surface area (Å²) in [6.07, 6.45) is 2.92. The zero-order valence-electron chi connectivity index (χ0n) is 20.7. The Bertz CT molecular complexity index is 1300. The van der Waals surface area contributed by atoms with Crippen LogP contribution in [0.1, 0.15) is 38.8 Å². The van der Waals surface area contributed by atoms with Crippen molar-refractivity contribution >= 4 is 30.1 Å². The van der Waals surface area contributed by atoms with Crippen molar-refractivity contribution in [1.29, 1.82) is 0 Å². The van der Waals surface area contributed by atoms with Crippen LogP contribution in [0.3, 0.4) is 0 Å². The van der Waals surface area contributed by atoms with Gasteiger partial charge < -0.3 is 19.5 Å². The summed E-state index contributed by atoms with van der Waals surface area (Å²) in [6.45, 7) is 2.02. The normalized spacial score (nSPS) is 11.1. The lowest BCUT2D eigenvalue weighted by atomic mass is 10.1. The summed E-state index contributed by atoms with van der Waals surface area (Å²) in [5.74, 6) is -0.523. The molecule has 3 aromatic rings. The van der Waals surface area contributed by atoms with Crippen LogP contribution in [-0.4, -0.2) is 44.8 Å².